The lowest BCUT2D eigenvalue weighted by molar-refractivity contribution is 0.0630. The average molecular weight is 233 g/mol. The van der Waals surface area contributed by atoms with Crippen LogP contribution in [0.15, 0.2) is 30.3 Å². The maximum absolute atomic E-state index is 6.19. The standard InChI is InChI=1S/C15H23NO/c16-15(14-6-2-1-3-7-14)8-4-5-13-9-11-17-12-10-13/h1-3,6-7,13,15H,4-5,8-12,16H2. The van der Waals surface area contributed by atoms with Crippen LogP contribution < -0.4 is 5.73 Å². The first kappa shape index (κ1) is 12.6. The van der Waals surface area contributed by atoms with Gasteiger partial charge in [0.15, 0.2) is 0 Å². The van der Waals surface area contributed by atoms with Crippen molar-refractivity contribution in [2.24, 2.45) is 11.7 Å². The van der Waals surface area contributed by atoms with E-state index in [1.54, 1.807) is 0 Å². The average Bonchev–Trinajstić information content (AvgIpc) is 2.41. The molecule has 94 valence electrons. The van der Waals surface area contributed by atoms with Crippen LogP contribution in [-0.4, -0.2) is 13.2 Å². The van der Waals surface area contributed by atoms with Gasteiger partial charge in [0.2, 0.25) is 0 Å². The van der Waals surface area contributed by atoms with E-state index in [4.69, 9.17) is 10.5 Å². The molecule has 1 aliphatic rings. The predicted molar refractivity (Wildman–Crippen MR) is 70.8 cm³/mol. The van der Waals surface area contributed by atoms with Gasteiger partial charge in [-0.2, -0.15) is 0 Å². The third-order valence-electron chi connectivity index (χ3n) is 3.70. The van der Waals surface area contributed by atoms with Crippen LogP contribution in [-0.2, 0) is 4.74 Å². The molecule has 1 aromatic carbocycles. The molecule has 2 N–H and O–H groups in total. The number of benzene rings is 1. The van der Waals surface area contributed by atoms with Crippen molar-refractivity contribution in [2.75, 3.05) is 13.2 Å². The van der Waals surface area contributed by atoms with Crippen LogP contribution in [0, 0.1) is 5.92 Å². The zero-order chi connectivity index (χ0) is 11.9. The maximum Gasteiger partial charge on any atom is 0.0468 e. The molecule has 2 rings (SSSR count). The molecule has 0 spiro atoms. The molecule has 0 amide bonds. The first-order valence-electron chi connectivity index (χ1n) is 6.74. The lowest BCUT2D eigenvalue weighted by Gasteiger charge is -2.22. The Kier molecular flexibility index (Phi) is 5.02. The molecule has 0 aromatic heterocycles. The minimum Gasteiger partial charge on any atom is -0.381 e. The second-order valence-electron chi connectivity index (χ2n) is 5.00. The molecule has 1 aromatic rings. The summed E-state index contributed by atoms with van der Waals surface area (Å²) < 4.78 is 5.37. The third kappa shape index (κ3) is 4.14. The Morgan fingerprint density at radius 2 is 1.88 bits per heavy atom. The van der Waals surface area contributed by atoms with E-state index in [2.05, 4.69) is 24.3 Å². The number of hydrogen-bond acceptors (Lipinski definition) is 2. The van der Waals surface area contributed by atoms with Crippen molar-refractivity contribution < 1.29 is 4.74 Å². The molecule has 0 aliphatic carbocycles. The first-order valence-corrected chi connectivity index (χ1v) is 6.74. The van der Waals surface area contributed by atoms with Crippen molar-refractivity contribution in [3.63, 3.8) is 0 Å². The van der Waals surface area contributed by atoms with Crippen LogP contribution in [0.2, 0.25) is 0 Å². The molecule has 1 heterocycles. The second-order valence-corrected chi connectivity index (χ2v) is 5.00. The van der Waals surface area contributed by atoms with E-state index in [1.165, 1.54) is 31.2 Å². The van der Waals surface area contributed by atoms with Crippen molar-refractivity contribution in [1.82, 2.24) is 0 Å². The van der Waals surface area contributed by atoms with E-state index in [1.807, 2.05) is 6.07 Å². The van der Waals surface area contributed by atoms with Crippen LogP contribution in [0.5, 0.6) is 0 Å². The van der Waals surface area contributed by atoms with Gasteiger partial charge in [-0.05, 0) is 30.7 Å². The summed E-state index contributed by atoms with van der Waals surface area (Å²) in [5.74, 6) is 0.867. The molecule has 1 saturated heterocycles. The van der Waals surface area contributed by atoms with Crippen LogP contribution in [0.25, 0.3) is 0 Å². The van der Waals surface area contributed by atoms with E-state index in [9.17, 15) is 0 Å². The first-order chi connectivity index (χ1) is 8.36. The Bertz CT molecular complexity index is 306. The maximum atomic E-state index is 6.19. The SMILES string of the molecule is NC(CCCC1CCOCC1)c1ccccc1. The smallest absolute Gasteiger partial charge is 0.0468 e. The van der Waals surface area contributed by atoms with Crippen molar-refractivity contribution in [2.45, 2.75) is 38.1 Å². The van der Waals surface area contributed by atoms with Crippen molar-refractivity contribution in [3.05, 3.63) is 35.9 Å². The van der Waals surface area contributed by atoms with Gasteiger partial charge in [-0.15, -0.1) is 0 Å². The monoisotopic (exact) mass is 233 g/mol. The fourth-order valence-electron chi connectivity index (χ4n) is 2.53. The fourth-order valence-corrected chi connectivity index (χ4v) is 2.53. The lowest BCUT2D eigenvalue weighted by atomic mass is 9.92. The summed E-state index contributed by atoms with van der Waals surface area (Å²) in [5, 5.41) is 0. The highest BCUT2D eigenvalue weighted by Gasteiger charge is 2.14. The Balaban J connectivity index is 1.67. The number of nitrogens with two attached hydrogens (primary N) is 1. The summed E-state index contributed by atoms with van der Waals surface area (Å²) in [6.45, 7) is 1.91. The molecular formula is C15H23NO. The third-order valence-corrected chi connectivity index (χ3v) is 3.70. The zero-order valence-corrected chi connectivity index (χ0v) is 10.5. The van der Waals surface area contributed by atoms with E-state index < -0.39 is 0 Å². The number of hydrogen-bond donors (Lipinski definition) is 1. The van der Waals surface area contributed by atoms with E-state index in [0.29, 0.717) is 0 Å². The summed E-state index contributed by atoms with van der Waals surface area (Å²) in [4.78, 5) is 0. The summed E-state index contributed by atoms with van der Waals surface area (Å²) in [6, 6.07) is 10.6. The molecule has 0 bridgehead atoms. The van der Waals surface area contributed by atoms with Crippen molar-refractivity contribution >= 4 is 0 Å². The summed E-state index contributed by atoms with van der Waals surface area (Å²) in [6.07, 6.45) is 6.12. The fraction of sp³-hybridized carbons (Fsp3) is 0.600. The van der Waals surface area contributed by atoms with Crippen LogP contribution >= 0.6 is 0 Å². The second kappa shape index (κ2) is 6.77. The lowest BCUT2D eigenvalue weighted by Crippen LogP contribution is -2.16. The molecular weight excluding hydrogens is 210 g/mol. The van der Waals surface area contributed by atoms with E-state index in [-0.39, 0.29) is 6.04 Å². The van der Waals surface area contributed by atoms with Gasteiger partial charge < -0.3 is 10.5 Å². The quantitative estimate of drug-likeness (QED) is 0.847. The molecule has 2 heteroatoms. The minimum absolute atomic E-state index is 0.205. The summed E-state index contributed by atoms with van der Waals surface area (Å²) in [7, 11) is 0. The van der Waals surface area contributed by atoms with Gasteiger partial charge in [0, 0.05) is 19.3 Å². The van der Waals surface area contributed by atoms with Gasteiger partial charge >= 0.3 is 0 Å². The zero-order valence-electron chi connectivity index (χ0n) is 10.5. The minimum atomic E-state index is 0.205. The summed E-state index contributed by atoms with van der Waals surface area (Å²) in [5.41, 5.74) is 7.45. The Labute approximate surface area is 104 Å². The highest BCUT2D eigenvalue weighted by molar-refractivity contribution is 5.18. The molecule has 2 nitrogen and oxygen atoms in total. The number of ether oxygens (including phenoxy) is 1. The largest absolute Gasteiger partial charge is 0.381 e. The normalized spacial score (nSPS) is 19.1. The topological polar surface area (TPSA) is 35.2 Å². The highest BCUT2D eigenvalue weighted by Crippen LogP contribution is 2.23. The Hall–Kier alpha value is -0.860. The van der Waals surface area contributed by atoms with Crippen LogP contribution in [0.1, 0.15) is 43.7 Å². The molecule has 1 atom stereocenters. The Morgan fingerprint density at radius 1 is 1.18 bits per heavy atom. The van der Waals surface area contributed by atoms with Gasteiger partial charge in [-0.25, -0.2) is 0 Å². The molecule has 0 radical (unpaired) electrons. The van der Waals surface area contributed by atoms with Crippen LogP contribution in [0.3, 0.4) is 0 Å². The van der Waals surface area contributed by atoms with E-state index in [0.717, 1.165) is 25.6 Å². The number of rotatable bonds is 5. The van der Waals surface area contributed by atoms with Gasteiger partial charge in [-0.3, -0.25) is 0 Å². The molecule has 0 saturated carbocycles. The molecule has 1 aliphatic heterocycles. The van der Waals surface area contributed by atoms with Gasteiger partial charge in [-0.1, -0.05) is 43.2 Å². The van der Waals surface area contributed by atoms with E-state index >= 15 is 0 Å². The van der Waals surface area contributed by atoms with Gasteiger partial charge in [0.05, 0.1) is 0 Å². The van der Waals surface area contributed by atoms with Gasteiger partial charge in [0.25, 0.3) is 0 Å². The summed E-state index contributed by atoms with van der Waals surface area (Å²) >= 11 is 0. The molecule has 1 unspecified atom stereocenters. The van der Waals surface area contributed by atoms with Gasteiger partial charge in [0.1, 0.15) is 0 Å². The molecule has 1 fully saturated rings. The molecule has 17 heavy (non-hydrogen) atoms. The predicted octanol–water partition coefficient (Wildman–Crippen LogP) is 3.28. The van der Waals surface area contributed by atoms with Crippen molar-refractivity contribution in [1.29, 1.82) is 0 Å². The van der Waals surface area contributed by atoms with Crippen LogP contribution in [0.4, 0.5) is 0 Å². The highest BCUT2D eigenvalue weighted by atomic mass is 16.5. The van der Waals surface area contributed by atoms with Crippen molar-refractivity contribution in [3.8, 4) is 0 Å². The Morgan fingerprint density at radius 3 is 2.59 bits per heavy atom.